The van der Waals surface area contributed by atoms with E-state index in [1.165, 1.54) is 18.6 Å². The Morgan fingerprint density at radius 1 is 1.29 bits per heavy atom. The Bertz CT molecular complexity index is 383. The van der Waals surface area contributed by atoms with Crippen molar-refractivity contribution in [3.63, 3.8) is 0 Å². The fraction of sp³-hybridized carbons (Fsp3) is 0.538. The summed E-state index contributed by atoms with van der Waals surface area (Å²) >= 11 is 0. The van der Waals surface area contributed by atoms with E-state index < -0.39 is 11.6 Å². The smallest absolute Gasteiger partial charge is 0.130 e. The van der Waals surface area contributed by atoms with Gasteiger partial charge in [-0.2, -0.15) is 0 Å². The van der Waals surface area contributed by atoms with E-state index in [4.69, 9.17) is 5.73 Å². The second kappa shape index (κ2) is 5.10. The molecule has 0 aromatic heterocycles. The summed E-state index contributed by atoms with van der Waals surface area (Å²) in [6, 6.07) is 3.68. The molecule has 0 heterocycles. The van der Waals surface area contributed by atoms with Crippen LogP contribution in [-0.2, 0) is 6.54 Å². The lowest BCUT2D eigenvalue weighted by Gasteiger charge is -2.41. The van der Waals surface area contributed by atoms with Crippen molar-refractivity contribution in [2.45, 2.75) is 25.8 Å². The molecule has 0 radical (unpaired) electrons. The summed E-state index contributed by atoms with van der Waals surface area (Å²) in [5.41, 5.74) is 6.44. The minimum Gasteiger partial charge on any atom is -0.330 e. The summed E-state index contributed by atoms with van der Waals surface area (Å²) in [6.45, 7) is 1.90. The lowest BCUT2D eigenvalue weighted by atomic mass is 9.69. The molecule has 0 saturated heterocycles. The van der Waals surface area contributed by atoms with Crippen molar-refractivity contribution in [2.75, 3.05) is 13.1 Å². The van der Waals surface area contributed by atoms with Gasteiger partial charge in [-0.15, -0.1) is 0 Å². The molecule has 2 rings (SSSR count). The number of hydrogen-bond acceptors (Lipinski definition) is 2. The molecule has 1 fully saturated rings. The first-order chi connectivity index (χ1) is 8.15. The van der Waals surface area contributed by atoms with Crippen LogP contribution < -0.4 is 11.1 Å². The number of halogens is 2. The van der Waals surface area contributed by atoms with Crippen LogP contribution >= 0.6 is 0 Å². The normalized spacial score (nSPS) is 17.8. The van der Waals surface area contributed by atoms with Crippen LogP contribution in [0.2, 0.25) is 0 Å². The number of nitrogens with one attached hydrogen (secondary N) is 1. The molecule has 94 valence electrons. The topological polar surface area (TPSA) is 38.0 Å². The number of benzene rings is 1. The van der Waals surface area contributed by atoms with Gasteiger partial charge < -0.3 is 11.1 Å². The number of hydrogen-bond donors (Lipinski definition) is 2. The second-order valence-electron chi connectivity index (χ2n) is 4.90. The lowest BCUT2D eigenvalue weighted by Crippen LogP contribution is -2.45. The predicted molar refractivity (Wildman–Crippen MR) is 63.4 cm³/mol. The minimum atomic E-state index is -0.538. The third-order valence-electron chi connectivity index (χ3n) is 3.68. The zero-order valence-corrected chi connectivity index (χ0v) is 9.81. The molecule has 0 bridgehead atoms. The molecule has 0 unspecified atom stereocenters. The molecule has 4 heteroatoms. The van der Waals surface area contributed by atoms with Gasteiger partial charge in [-0.3, -0.25) is 0 Å². The molecule has 0 aliphatic heterocycles. The van der Waals surface area contributed by atoms with Crippen molar-refractivity contribution < 1.29 is 8.78 Å². The zero-order chi connectivity index (χ0) is 12.3. The molecule has 3 N–H and O–H groups in total. The van der Waals surface area contributed by atoms with Crippen LogP contribution in [-0.4, -0.2) is 13.1 Å². The molecule has 1 aromatic carbocycles. The maximum absolute atomic E-state index is 13.3. The van der Waals surface area contributed by atoms with E-state index in [1.54, 1.807) is 0 Å². The maximum Gasteiger partial charge on any atom is 0.130 e. The zero-order valence-electron chi connectivity index (χ0n) is 9.81. The molecular formula is C13H18F2N2. The summed E-state index contributed by atoms with van der Waals surface area (Å²) < 4.78 is 26.0. The van der Waals surface area contributed by atoms with E-state index in [0.29, 0.717) is 18.7 Å². The Balaban J connectivity index is 1.85. The van der Waals surface area contributed by atoms with Crippen LogP contribution in [0.25, 0.3) is 0 Å². The highest BCUT2D eigenvalue weighted by atomic mass is 19.1. The van der Waals surface area contributed by atoms with Crippen molar-refractivity contribution >= 4 is 0 Å². The number of rotatable bonds is 5. The summed E-state index contributed by atoms with van der Waals surface area (Å²) in [5.74, 6) is -1.03. The van der Waals surface area contributed by atoms with E-state index >= 15 is 0 Å². The highest BCUT2D eigenvalue weighted by Crippen LogP contribution is 2.39. The van der Waals surface area contributed by atoms with Gasteiger partial charge in [0.05, 0.1) is 0 Å². The van der Waals surface area contributed by atoms with Gasteiger partial charge in [0.25, 0.3) is 0 Å². The molecular weight excluding hydrogens is 222 g/mol. The van der Waals surface area contributed by atoms with E-state index in [2.05, 4.69) is 5.32 Å². The van der Waals surface area contributed by atoms with Crippen LogP contribution in [0.4, 0.5) is 8.78 Å². The van der Waals surface area contributed by atoms with Crippen LogP contribution in [0.1, 0.15) is 24.8 Å². The summed E-state index contributed by atoms with van der Waals surface area (Å²) in [6.07, 6.45) is 3.51. The average molecular weight is 240 g/mol. The van der Waals surface area contributed by atoms with Crippen LogP contribution in [0.3, 0.4) is 0 Å². The van der Waals surface area contributed by atoms with Gasteiger partial charge in [-0.25, -0.2) is 8.78 Å². The van der Waals surface area contributed by atoms with Gasteiger partial charge in [0.1, 0.15) is 11.6 Å². The summed E-state index contributed by atoms with van der Waals surface area (Å²) in [5, 5.41) is 3.21. The third kappa shape index (κ3) is 2.82. The predicted octanol–water partition coefficient (Wildman–Crippen LogP) is 2.18. The standard InChI is InChI=1S/C13H18F2N2/c14-11-3-2-10(12(15)6-11)7-17-9-13(8-16)4-1-5-13/h2-3,6,17H,1,4-5,7-9,16H2. The van der Waals surface area contributed by atoms with Crippen molar-refractivity contribution in [1.29, 1.82) is 0 Å². The number of nitrogens with two attached hydrogens (primary N) is 1. The first-order valence-electron chi connectivity index (χ1n) is 6.00. The maximum atomic E-state index is 13.3. The van der Waals surface area contributed by atoms with Crippen molar-refractivity contribution in [3.05, 3.63) is 35.4 Å². The molecule has 0 spiro atoms. The van der Waals surface area contributed by atoms with Crippen LogP contribution in [0.5, 0.6) is 0 Å². The van der Waals surface area contributed by atoms with Crippen molar-refractivity contribution in [1.82, 2.24) is 5.32 Å². The Morgan fingerprint density at radius 2 is 2.06 bits per heavy atom. The van der Waals surface area contributed by atoms with E-state index in [9.17, 15) is 8.78 Å². The Morgan fingerprint density at radius 3 is 2.59 bits per heavy atom. The first kappa shape index (κ1) is 12.5. The van der Waals surface area contributed by atoms with Gasteiger partial charge >= 0.3 is 0 Å². The SMILES string of the molecule is NCC1(CNCc2ccc(F)cc2F)CCC1. The second-order valence-corrected chi connectivity index (χ2v) is 4.90. The average Bonchev–Trinajstić information content (AvgIpc) is 2.25. The Labute approximate surface area is 100 Å². The Kier molecular flexibility index (Phi) is 3.74. The van der Waals surface area contributed by atoms with Gasteiger partial charge in [0.2, 0.25) is 0 Å². The molecule has 1 aromatic rings. The van der Waals surface area contributed by atoms with Gasteiger partial charge in [0, 0.05) is 24.7 Å². The van der Waals surface area contributed by atoms with Gasteiger partial charge in [-0.05, 0) is 30.9 Å². The molecule has 1 saturated carbocycles. The minimum absolute atomic E-state index is 0.205. The largest absolute Gasteiger partial charge is 0.330 e. The van der Waals surface area contributed by atoms with Crippen LogP contribution in [0.15, 0.2) is 18.2 Å². The van der Waals surface area contributed by atoms with E-state index in [1.807, 2.05) is 0 Å². The molecule has 17 heavy (non-hydrogen) atoms. The van der Waals surface area contributed by atoms with Gasteiger partial charge in [0.15, 0.2) is 0 Å². The summed E-state index contributed by atoms with van der Waals surface area (Å²) in [4.78, 5) is 0. The monoisotopic (exact) mass is 240 g/mol. The molecule has 2 nitrogen and oxygen atoms in total. The quantitative estimate of drug-likeness (QED) is 0.828. The Hall–Kier alpha value is -1.00. The van der Waals surface area contributed by atoms with Crippen LogP contribution in [0, 0.1) is 17.0 Å². The van der Waals surface area contributed by atoms with Crippen molar-refractivity contribution in [2.24, 2.45) is 11.1 Å². The molecule has 0 amide bonds. The fourth-order valence-corrected chi connectivity index (χ4v) is 2.26. The van der Waals surface area contributed by atoms with E-state index in [-0.39, 0.29) is 5.41 Å². The first-order valence-corrected chi connectivity index (χ1v) is 6.00. The highest BCUT2D eigenvalue weighted by molar-refractivity contribution is 5.18. The lowest BCUT2D eigenvalue weighted by molar-refractivity contribution is 0.140. The summed E-state index contributed by atoms with van der Waals surface area (Å²) in [7, 11) is 0. The van der Waals surface area contributed by atoms with E-state index in [0.717, 1.165) is 25.5 Å². The molecule has 1 aliphatic rings. The van der Waals surface area contributed by atoms with Gasteiger partial charge in [-0.1, -0.05) is 12.5 Å². The highest BCUT2D eigenvalue weighted by Gasteiger charge is 2.34. The van der Waals surface area contributed by atoms with Crippen molar-refractivity contribution in [3.8, 4) is 0 Å². The fourth-order valence-electron chi connectivity index (χ4n) is 2.26. The molecule has 1 aliphatic carbocycles. The third-order valence-corrected chi connectivity index (χ3v) is 3.68. The molecule has 0 atom stereocenters.